The first-order chi connectivity index (χ1) is 10.2. The van der Waals surface area contributed by atoms with Crippen LogP contribution in [-0.4, -0.2) is 27.3 Å². The van der Waals surface area contributed by atoms with Crippen LogP contribution >= 0.6 is 11.3 Å². The monoisotopic (exact) mass is 304 g/mol. The van der Waals surface area contributed by atoms with Gasteiger partial charge in [0.15, 0.2) is 11.5 Å². The Balaban J connectivity index is 1.94. The highest BCUT2D eigenvalue weighted by atomic mass is 32.1. The summed E-state index contributed by atoms with van der Waals surface area (Å²) in [4.78, 5) is 8.58. The Bertz CT molecular complexity index is 768. The molecule has 0 saturated heterocycles. The first-order valence-electron chi connectivity index (χ1n) is 6.07. The van der Waals surface area contributed by atoms with Gasteiger partial charge >= 0.3 is 0 Å². The Morgan fingerprint density at radius 3 is 2.95 bits per heavy atom. The average molecular weight is 304 g/mol. The second-order valence-corrected chi connectivity index (χ2v) is 5.08. The van der Waals surface area contributed by atoms with Gasteiger partial charge in [-0.1, -0.05) is 5.16 Å². The Labute approximate surface area is 124 Å². The van der Waals surface area contributed by atoms with Crippen LogP contribution in [0.5, 0.6) is 11.5 Å². The molecule has 3 aromatic rings. The van der Waals surface area contributed by atoms with Gasteiger partial charge in [-0.15, -0.1) is 11.3 Å². The second-order valence-electron chi connectivity index (χ2n) is 4.14. The van der Waals surface area contributed by atoms with E-state index >= 15 is 0 Å². The number of benzene rings is 1. The minimum Gasteiger partial charge on any atom is -0.504 e. The number of thiazole rings is 1. The standard InChI is InChI=1S/C13H12N4O3S/c1-19-10-4-7(2-3-9(10)18)12-16-13(20-17-12)8-6-21-11(5-14)15-8/h2-4,6,18H,5,14H2,1H3. The summed E-state index contributed by atoms with van der Waals surface area (Å²) >= 11 is 1.44. The van der Waals surface area contributed by atoms with Crippen LogP contribution in [0, 0.1) is 0 Å². The summed E-state index contributed by atoms with van der Waals surface area (Å²) in [5.41, 5.74) is 6.80. The molecular formula is C13H12N4O3S. The van der Waals surface area contributed by atoms with Crippen LogP contribution < -0.4 is 10.5 Å². The van der Waals surface area contributed by atoms with Crippen molar-refractivity contribution in [3.05, 3.63) is 28.6 Å². The van der Waals surface area contributed by atoms with E-state index in [1.807, 2.05) is 5.38 Å². The molecular weight excluding hydrogens is 292 g/mol. The number of nitrogens with zero attached hydrogens (tertiary/aromatic N) is 3. The molecule has 3 N–H and O–H groups in total. The highest BCUT2D eigenvalue weighted by Gasteiger charge is 2.14. The highest BCUT2D eigenvalue weighted by molar-refractivity contribution is 7.09. The number of hydrogen-bond acceptors (Lipinski definition) is 8. The van der Waals surface area contributed by atoms with Gasteiger partial charge in [0.25, 0.3) is 5.89 Å². The molecule has 0 saturated carbocycles. The van der Waals surface area contributed by atoms with E-state index in [0.29, 0.717) is 35.3 Å². The molecule has 0 unspecified atom stereocenters. The molecule has 0 aliphatic rings. The Morgan fingerprint density at radius 2 is 2.24 bits per heavy atom. The van der Waals surface area contributed by atoms with Gasteiger partial charge in [-0.2, -0.15) is 4.98 Å². The lowest BCUT2D eigenvalue weighted by molar-refractivity contribution is 0.373. The lowest BCUT2D eigenvalue weighted by Gasteiger charge is -2.03. The van der Waals surface area contributed by atoms with Gasteiger partial charge in [-0.05, 0) is 18.2 Å². The Kier molecular flexibility index (Phi) is 3.55. The molecule has 0 aliphatic heterocycles. The van der Waals surface area contributed by atoms with E-state index in [2.05, 4.69) is 15.1 Å². The van der Waals surface area contributed by atoms with Gasteiger partial charge in [0.1, 0.15) is 10.7 Å². The molecule has 2 aromatic heterocycles. The van der Waals surface area contributed by atoms with Crippen LogP contribution in [0.25, 0.3) is 23.0 Å². The smallest absolute Gasteiger partial charge is 0.277 e. The molecule has 3 rings (SSSR count). The van der Waals surface area contributed by atoms with Crippen molar-refractivity contribution in [1.82, 2.24) is 15.1 Å². The highest BCUT2D eigenvalue weighted by Crippen LogP contribution is 2.31. The number of nitrogens with two attached hydrogens (primary N) is 1. The van der Waals surface area contributed by atoms with Crippen LogP contribution in [0.1, 0.15) is 5.01 Å². The van der Waals surface area contributed by atoms with Crippen molar-refractivity contribution in [2.24, 2.45) is 5.73 Å². The first kappa shape index (κ1) is 13.5. The topological polar surface area (TPSA) is 107 Å². The summed E-state index contributed by atoms with van der Waals surface area (Å²) in [6, 6.07) is 4.83. The van der Waals surface area contributed by atoms with Crippen molar-refractivity contribution < 1.29 is 14.4 Å². The normalized spacial score (nSPS) is 10.8. The zero-order valence-corrected chi connectivity index (χ0v) is 11.9. The van der Waals surface area contributed by atoms with Gasteiger partial charge in [0.05, 0.1) is 7.11 Å². The van der Waals surface area contributed by atoms with E-state index in [1.54, 1.807) is 12.1 Å². The molecule has 0 radical (unpaired) electrons. The largest absolute Gasteiger partial charge is 0.504 e. The molecule has 0 amide bonds. The number of aromatic nitrogens is 3. The first-order valence-corrected chi connectivity index (χ1v) is 6.95. The van der Waals surface area contributed by atoms with E-state index in [1.165, 1.54) is 24.5 Å². The number of rotatable bonds is 4. The van der Waals surface area contributed by atoms with Crippen molar-refractivity contribution >= 4 is 11.3 Å². The van der Waals surface area contributed by atoms with Gasteiger partial charge in [0.2, 0.25) is 5.82 Å². The summed E-state index contributed by atoms with van der Waals surface area (Å²) in [5.74, 6) is 1.12. The number of ether oxygens (including phenoxy) is 1. The lowest BCUT2D eigenvalue weighted by atomic mass is 10.2. The molecule has 0 aliphatic carbocycles. The zero-order chi connectivity index (χ0) is 14.8. The van der Waals surface area contributed by atoms with Crippen molar-refractivity contribution in [1.29, 1.82) is 0 Å². The van der Waals surface area contributed by atoms with Crippen LogP contribution in [0.4, 0.5) is 0 Å². The lowest BCUT2D eigenvalue weighted by Crippen LogP contribution is -1.94. The zero-order valence-electron chi connectivity index (χ0n) is 11.1. The van der Waals surface area contributed by atoms with Crippen molar-refractivity contribution in [2.45, 2.75) is 6.54 Å². The fraction of sp³-hybridized carbons (Fsp3) is 0.154. The van der Waals surface area contributed by atoms with E-state index in [0.717, 1.165) is 5.01 Å². The maximum Gasteiger partial charge on any atom is 0.277 e. The van der Waals surface area contributed by atoms with E-state index in [-0.39, 0.29) is 5.75 Å². The molecule has 0 atom stereocenters. The minimum absolute atomic E-state index is 0.0528. The molecule has 0 fully saturated rings. The summed E-state index contributed by atoms with van der Waals surface area (Å²) in [5, 5.41) is 16.1. The summed E-state index contributed by atoms with van der Waals surface area (Å²) in [6.07, 6.45) is 0. The van der Waals surface area contributed by atoms with Gasteiger partial charge in [0, 0.05) is 17.5 Å². The SMILES string of the molecule is COc1cc(-c2noc(-c3csc(CN)n3)n2)ccc1O. The molecule has 0 spiro atoms. The van der Waals surface area contributed by atoms with Crippen molar-refractivity contribution in [3.63, 3.8) is 0 Å². The number of hydrogen-bond donors (Lipinski definition) is 2. The van der Waals surface area contributed by atoms with Crippen LogP contribution in [0.2, 0.25) is 0 Å². The number of phenolic OH excluding ortho intramolecular Hbond substituents is 1. The van der Waals surface area contributed by atoms with E-state index in [4.69, 9.17) is 15.0 Å². The second kappa shape index (κ2) is 5.51. The number of aromatic hydroxyl groups is 1. The average Bonchev–Trinajstić information content (AvgIpc) is 3.16. The third-order valence-electron chi connectivity index (χ3n) is 2.81. The maximum absolute atomic E-state index is 9.59. The maximum atomic E-state index is 9.59. The van der Waals surface area contributed by atoms with Crippen molar-refractivity contribution in [3.8, 4) is 34.5 Å². The fourth-order valence-corrected chi connectivity index (χ4v) is 2.41. The predicted molar refractivity (Wildman–Crippen MR) is 77.0 cm³/mol. The minimum atomic E-state index is 0.0528. The fourth-order valence-electron chi connectivity index (χ4n) is 1.76. The third-order valence-corrected chi connectivity index (χ3v) is 3.68. The number of phenols is 1. The molecule has 1 aromatic carbocycles. The molecule has 7 nitrogen and oxygen atoms in total. The molecule has 21 heavy (non-hydrogen) atoms. The summed E-state index contributed by atoms with van der Waals surface area (Å²) in [7, 11) is 1.48. The van der Waals surface area contributed by atoms with Crippen LogP contribution in [0.15, 0.2) is 28.1 Å². The molecule has 108 valence electrons. The van der Waals surface area contributed by atoms with E-state index < -0.39 is 0 Å². The van der Waals surface area contributed by atoms with Gasteiger partial charge in [-0.25, -0.2) is 4.98 Å². The quantitative estimate of drug-likeness (QED) is 0.759. The third kappa shape index (κ3) is 2.58. The van der Waals surface area contributed by atoms with Crippen LogP contribution in [0.3, 0.4) is 0 Å². The van der Waals surface area contributed by atoms with Crippen LogP contribution in [-0.2, 0) is 6.54 Å². The van der Waals surface area contributed by atoms with Gasteiger partial charge in [-0.3, -0.25) is 0 Å². The summed E-state index contributed by atoms with van der Waals surface area (Å²) in [6.45, 7) is 0.376. The molecule has 2 heterocycles. The molecule has 0 bridgehead atoms. The summed E-state index contributed by atoms with van der Waals surface area (Å²) < 4.78 is 10.3. The van der Waals surface area contributed by atoms with E-state index in [9.17, 15) is 5.11 Å². The number of methoxy groups -OCH3 is 1. The predicted octanol–water partition coefficient (Wildman–Crippen LogP) is 2.03. The Hall–Kier alpha value is -2.45. The Morgan fingerprint density at radius 1 is 1.38 bits per heavy atom. The molecule has 8 heteroatoms. The van der Waals surface area contributed by atoms with Crippen molar-refractivity contribution in [2.75, 3.05) is 7.11 Å². The van der Waals surface area contributed by atoms with Gasteiger partial charge < -0.3 is 20.1 Å².